The van der Waals surface area contributed by atoms with Gasteiger partial charge in [-0.1, -0.05) is 194 Å². The lowest BCUT2D eigenvalue weighted by molar-refractivity contribution is 0.723. The third-order valence-electron chi connectivity index (χ3n) is 13.0. The van der Waals surface area contributed by atoms with E-state index in [4.69, 9.17) is 15.0 Å². The molecule has 11 aromatic rings. The number of aromatic nitrogens is 3. The van der Waals surface area contributed by atoms with Crippen molar-refractivity contribution in [2.45, 2.75) is 15.2 Å². The van der Waals surface area contributed by atoms with Crippen LogP contribution >= 0.6 is 11.8 Å². The molecule has 0 saturated heterocycles. The summed E-state index contributed by atoms with van der Waals surface area (Å²) < 4.78 is 0. The van der Waals surface area contributed by atoms with Crippen LogP contribution in [-0.4, -0.2) is 15.0 Å². The highest BCUT2D eigenvalue weighted by molar-refractivity contribution is 7.99. The van der Waals surface area contributed by atoms with Gasteiger partial charge in [0.25, 0.3) is 0 Å². The van der Waals surface area contributed by atoms with Crippen molar-refractivity contribution < 1.29 is 0 Å². The van der Waals surface area contributed by atoms with Gasteiger partial charge in [-0.25, -0.2) is 15.0 Å². The highest BCUT2D eigenvalue weighted by Gasteiger charge is 2.50. The monoisotopic (exact) mass is 805 g/mol. The van der Waals surface area contributed by atoms with E-state index in [1.165, 1.54) is 81.1 Å². The summed E-state index contributed by atoms with van der Waals surface area (Å²) in [5.41, 5.74) is 12.6. The first-order valence-electron chi connectivity index (χ1n) is 21.1. The molecule has 2 heterocycles. The number of rotatable bonds is 4. The zero-order valence-corrected chi connectivity index (χ0v) is 34.3. The van der Waals surface area contributed by atoms with E-state index >= 15 is 0 Å². The summed E-state index contributed by atoms with van der Waals surface area (Å²) in [4.78, 5) is 17.5. The van der Waals surface area contributed by atoms with E-state index in [-0.39, 0.29) is 0 Å². The van der Waals surface area contributed by atoms with Crippen LogP contribution in [0.1, 0.15) is 22.3 Å². The van der Waals surface area contributed by atoms with Crippen LogP contribution in [0.2, 0.25) is 0 Å². The normalized spacial score (nSPS) is 14.8. The van der Waals surface area contributed by atoms with E-state index in [0.29, 0.717) is 17.5 Å². The van der Waals surface area contributed by atoms with Crippen LogP contribution < -0.4 is 0 Å². The fourth-order valence-electron chi connectivity index (χ4n) is 10.2. The molecular weight excluding hydrogens is 771 g/mol. The van der Waals surface area contributed by atoms with E-state index in [9.17, 15) is 0 Å². The van der Waals surface area contributed by atoms with Crippen LogP contribution in [0.3, 0.4) is 0 Å². The zero-order valence-electron chi connectivity index (χ0n) is 33.5. The third kappa shape index (κ3) is 5.17. The van der Waals surface area contributed by atoms with Gasteiger partial charge >= 0.3 is 0 Å². The van der Waals surface area contributed by atoms with Crippen LogP contribution in [-0.2, 0) is 5.41 Å². The Morgan fingerprint density at radius 1 is 0.274 bits per heavy atom. The lowest BCUT2D eigenvalue weighted by Gasteiger charge is -2.40. The lowest BCUT2D eigenvalue weighted by Crippen LogP contribution is -2.32. The Morgan fingerprint density at radius 2 is 0.726 bits per heavy atom. The average Bonchev–Trinajstić information content (AvgIpc) is 3.63. The summed E-state index contributed by atoms with van der Waals surface area (Å²) in [6.07, 6.45) is 0. The molecule has 0 saturated carbocycles. The zero-order chi connectivity index (χ0) is 40.8. The predicted octanol–water partition coefficient (Wildman–Crippen LogP) is 14.8. The van der Waals surface area contributed by atoms with Gasteiger partial charge < -0.3 is 0 Å². The average molecular weight is 806 g/mol. The Kier molecular flexibility index (Phi) is 7.75. The van der Waals surface area contributed by atoms with E-state index in [0.717, 1.165) is 22.3 Å². The van der Waals surface area contributed by atoms with Gasteiger partial charge in [0.2, 0.25) is 0 Å². The smallest absolute Gasteiger partial charge is 0.164 e. The summed E-state index contributed by atoms with van der Waals surface area (Å²) in [6, 6.07) is 77.1. The van der Waals surface area contributed by atoms with Crippen LogP contribution in [0.5, 0.6) is 0 Å². The predicted molar refractivity (Wildman–Crippen MR) is 256 cm³/mol. The molecule has 0 amide bonds. The summed E-state index contributed by atoms with van der Waals surface area (Å²) in [7, 11) is 0. The first kappa shape index (κ1) is 35.1. The first-order valence-corrected chi connectivity index (χ1v) is 21.9. The number of fused-ring (bicyclic) bond motifs is 15. The van der Waals surface area contributed by atoms with Crippen molar-refractivity contribution in [2.24, 2.45) is 0 Å². The summed E-state index contributed by atoms with van der Waals surface area (Å²) >= 11 is 1.88. The summed E-state index contributed by atoms with van der Waals surface area (Å²) in [5.74, 6) is 1.96. The van der Waals surface area contributed by atoms with Gasteiger partial charge in [-0.15, -0.1) is 0 Å². The van der Waals surface area contributed by atoms with Crippen LogP contribution in [0.15, 0.2) is 222 Å². The molecule has 1 atom stereocenters. The SMILES string of the molecule is c1ccc(-c2nc(-c3ccccc3)nc(-c3ccc(-c4ccc5c(c4)C4(c6ccccc6S5)c5ccccc5-c5cc6c7ccccc7c7ccccc7c6cc54)cc3)n2)cc1. The minimum absolute atomic E-state index is 0.521. The minimum Gasteiger partial charge on any atom is -0.208 e. The van der Waals surface area contributed by atoms with Gasteiger partial charge in [-0.2, -0.15) is 0 Å². The molecule has 1 spiro atoms. The second-order valence-corrected chi connectivity index (χ2v) is 17.3. The Hall–Kier alpha value is -7.66. The highest BCUT2D eigenvalue weighted by atomic mass is 32.2. The standard InChI is InChI=1S/C58H35N3S/c1-3-15-37(16-4-1)55-59-56(38-17-5-2-6-18-38)61-57(60-55)39-29-27-36(28-30-39)40-31-32-54-52(33-40)58(50-25-13-14-26-53(50)62-54)49-24-12-11-23-45(49)48-34-46-43-21-9-7-19-41(43)42-20-8-10-22-44(42)47(46)35-51(48)58/h1-35H. The summed E-state index contributed by atoms with van der Waals surface area (Å²) in [5, 5.41) is 7.74. The van der Waals surface area contributed by atoms with Gasteiger partial charge in [0.05, 0.1) is 5.41 Å². The molecule has 0 radical (unpaired) electrons. The van der Waals surface area contributed by atoms with Gasteiger partial charge in [0, 0.05) is 26.5 Å². The fraction of sp³-hybridized carbons (Fsp3) is 0.0172. The molecule has 0 N–H and O–H groups in total. The fourth-order valence-corrected chi connectivity index (χ4v) is 11.4. The van der Waals surface area contributed by atoms with Gasteiger partial charge in [0.1, 0.15) is 0 Å². The van der Waals surface area contributed by atoms with Gasteiger partial charge in [-0.05, 0) is 107 Å². The Bertz CT molecular complexity index is 3540. The van der Waals surface area contributed by atoms with Crippen LogP contribution in [0, 0.1) is 0 Å². The minimum atomic E-state index is -0.521. The Labute approximate surface area is 363 Å². The quantitative estimate of drug-likeness (QED) is 0.166. The molecule has 13 rings (SSSR count). The molecule has 0 fully saturated rings. The molecule has 2 aliphatic rings. The van der Waals surface area contributed by atoms with Crippen LogP contribution in [0.25, 0.3) is 88.7 Å². The molecule has 288 valence electrons. The van der Waals surface area contributed by atoms with E-state index in [1.807, 2.05) is 72.4 Å². The Morgan fingerprint density at radius 3 is 1.35 bits per heavy atom. The van der Waals surface area contributed by atoms with Crippen molar-refractivity contribution >= 4 is 44.1 Å². The van der Waals surface area contributed by atoms with Crippen LogP contribution in [0.4, 0.5) is 0 Å². The van der Waals surface area contributed by atoms with Gasteiger partial charge in [-0.3, -0.25) is 0 Å². The van der Waals surface area contributed by atoms with Crippen molar-refractivity contribution in [3.63, 3.8) is 0 Å². The molecule has 4 heteroatoms. The highest BCUT2D eigenvalue weighted by Crippen LogP contribution is 2.63. The molecule has 1 aliphatic heterocycles. The van der Waals surface area contributed by atoms with E-state index in [2.05, 4.69) is 152 Å². The molecule has 62 heavy (non-hydrogen) atoms. The second kappa shape index (κ2) is 13.7. The number of hydrogen-bond acceptors (Lipinski definition) is 4. The lowest BCUT2D eigenvalue weighted by atomic mass is 9.66. The molecular formula is C58H35N3S. The van der Waals surface area contributed by atoms with E-state index < -0.39 is 5.41 Å². The third-order valence-corrected chi connectivity index (χ3v) is 14.1. The molecule has 3 nitrogen and oxygen atoms in total. The van der Waals surface area contributed by atoms with Crippen molar-refractivity contribution in [3.8, 4) is 56.4 Å². The number of hydrogen-bond donors (Lipinski definition) is 0. The molecule has 1 aromatic heterocycles. The van der Waals surface area contributed by atoms with Gasteiger partial charge in [0.15, 0.2) is 17.5 Å². The largest absolute Gasteiger partial charge is 0.208 e. The maximum atomic E-state index is 5.00. The van der Waals surface area contributed by atoms with E-state index in [1.54, 1.807) is 0 Å². The van der Waals surface area contributed by atoms with Crippen molar-refractivity contribution in [1.29, 1.82) is 0 Å². The van der Waals surface area contributed by atoms with Crippen molar-refractivity contribution in [3.05, 3.63) is 235 Å². The number of nitrogens with zero attached hydrogens (tertiary/aromatic N) is 3. The first-order chi connectivity index (χ1) is 30.7. The molecule has 1 aliphatic carbocycles. The molecule has 0 bridgehead atoms. The van der Waals surface area contributed by atoms with Crippen molar-refractivity contribution in [1.82, 2.24) is 15.0 Å². The maximum absolute atomic E-state index is 5.00. The second-order valence-electron chi connectivity index (χ2n) is 16.3. The summed E-state index contributed by atoms with van der Waals surface area (Å²) in [6.45, 7) is 0. The Balaban J connectivity index is 1.01. The molecule has 1 unspecified atom stereocenters. The topological polar surface area (TPSA) is 38.7 Å². The molecule has 10 aromatic carbocycles. The number of benzene rings is 10. The van der Waals surface area contributed by atoms with Crippen molar-refractivity contribution in [2.75, 3.05) is 0 Å². The maximum Gasteiger partial charge on any atom is 0.164 e.